The van der Waals surface area contributed by atoms with Crippen LogP contribution in [0, 0.1) is 0 Å². The quantitative estimate of drug-likeness (QED) is 0.600. The Bertz CT molecular complexity index is 491. The Labute approximate surface area is 122 Å². The molecule has 17 heavy (non-hydrogen) atoms. The molecule has 0 aliphatic rings. The van der Waals surface area contributed by atoms with Crippen molar-refractivity contribution in [3.05, 3.63) is 57.0 Å². The molecule has 88 valence electrons. The number of thioether (sulfide) groups is 1. The predicted octanol–water partition coefficient (Wildman–Crippen LogP) is 5.09. The van der Waals surface area contributed by atoms with E-state index >= 15 is 0 Å². The van der Waals surface area contributed by atoms with Crippen molar-refractivity contribution in [2.24, 2.45) is 0 Å². The van der Waals surface area contributed by atoms with Gasteiger partial charge in [0.15, 0.2) is 0 Å². The van der Waals surface area contributed by atoms with Crippen LogP contribution in [0.4, 0.5) is 5.69 Å². The Hall–Kier alpha value is -0.450. The summed E-state index contributed by atoms with van der Waals surface area (Å²) in [6, 6.07) is 14.2. The van der Waals surface area contributed by atoms with E-state index in [1.54, 1.807) is 11.8 Å². The highest BCUT2D eigenvalue weighted by atomic mass is 79.9. The smallest absolute Gasteiger partial charge is 0.0366 e. The molecule has 0 heterocycles. The standard InChI is InChI=1S/C13H11Br2NS/c14-9-4-6-10(7-5-9)17-8-11-12(15)2-1-3-13(11)16/h1-7H,8,16H2. The van der Waals surface area contributed by atoms with Gasteiger partial charge in [0.25, 0.3) is 0 Å². The van der Waals surface area contributed by atoms with Gasteiger partial charge in [0.2, 0.25) is 0 Å². The summed E-state index contributed by atoms with van der Waals surface area (Å²) in [7, 11) is 0. The van der Waals surface area contributed by atoms with Crippen LogP contribution in [-0.2, 0) is 5.75 Å². The van der Waals surface area contributed by atoms with E-state index in [1.807, 2.05) is 30.3 Å². The molecular weight excluding hydrogens is 362 g/mol. The van der Waals surface area contributed by atoms with Crippen LogP contribution in [0.5, 0.6) is 0 Å². The normalized spacial score (nSPS) is 10.5. The maximum absolute atomic E-state index is 5.96. The van der Waals surface area contributed by atoms with Crippen LogP contribution in [0.3, 0.4) is 0 Å². The van der Waals surface area contributed by atoms with E-state index in [-0.39, 0.29) is 0 Å². The molecule has 2 N–H and O–H groups in total. The number of rotatable bonds is 3. The van der Waals surface area contributed by atoms with Crippen LogP contribution < -0.4 is 5.73 Å². The van der Waals surface area contributed by atoms with E-state index < -0.39 is 0 Å². The zero-order chi connectivity index (χ0) is 12.3. The van der Waals surface area contributed by atoms with Crippen molar-refractivity contribution in [2.75, 3.05) is 5.73 Å². The van der Waals surface area contributed by atoms with Crippen molar-refractivity contribution in [3.8, 4) is 0 Å². The van der Waals surface area contributed by atoms with Crippen LogP contribution in [-0.4, -0.2) is 0 Å². The van der Waals surface area contributed by atoms with Gasteiger partial charge in [0, 0.05) is 25.3 Å². The third kappa shape index (κ3) is 3.50. The second-order valence-corrected chi connectivity index (χ2v) is 6.37. The molecule has 1 nitrogen and oxygen atoms in total. The highest BCUT2D eigenvalue weighted by molar-refractivity contribution is 9.10. The average Bonchev–Trinajstić information content (AvgIpc) is 2.31. The fourth-order valence-electron chi connectivity index (χ4n) is 1.41. The Morgan fingerprint density at radius 2 is 1.71 bits per heavy atom. The lowest BCUT2D eigenvalue weighted by Gasteiger charge is -2.07. The van der Waals surface area contributed by atoms with Crippen molar-refractivity contribution in [3.63, 3.8) is 0 Å². The summed E-state index contributed by atoms with van der Waals surface area (Å²) in [5, 5.41) is 0. The molecule has 0 unspecified atom stereocenters. The number of anilines is 1. The maximum Gasteiger partial charge on any atom is 0.0366 e. The number of hydrogen-bond donors (Lipinski definition) is 1. The van der Waals surface area contributed by atoms with E-state index in [1.165, 1.54) is 4.90 Å². The van der Waals surface area contributed by atoms with Gasteiger partial charge in [-0.15, -0.1) is 11.8 Å². The molecule has 2 aromatic carbocycles. The highest BCUT2D eigenvalue weighted by Crippen LogP contribution is 2.30. The largest absolute Gasteiger partial charge is 0.398 e. The molecule has 0 aliphatic carbocycles. The zero-order valence-corrected chi connectivity index (χ0v) is 13.0. The van der Waals surface area contributed by atoms with Gasteiger partial charge in [-0.05, 0) is 42.0 Å². The molecule has 0 amide bonds. The Kier molecular flexibility index (Phi) is 4.54. The Balaban J connectivity index is 2.10. The third-order valence-corrected chi connectivity index (χ3v) is 4.66. The summed E-state index contributed by atoms with van der Waals surface area (Å²) in [4.78, 5) is 1.24. The van der Waals surface area contributed by atoms with Crippen LogP contribution in [0.2, 0.25) is 0 Å². The molecule has 0 fully saturated rings. The zero-order valence-electron chi connectivity index (χ0n) is 8.99. The molecule has 0 radical (unpaired) electrons. The summed E-state index contributed by atoms with van der Waals surface area (Å²) in [5.41, 5.74) is 7.95. The van der Waals surface area contributed by atoms with Gasteiger partial charge in [0.1, 0.15) is 0 Å². The summed E-state index contributed by atoms with van der Waals surface area (Å²) >= 11 is 8.74. The number of halogens is 2. The van der Waals surface area contributed by atoms with Crippen LogP contribution in [0.1, 0.15) is 5.56 Å². The van der Waals surface area contributed by atoms with E-state index in [0.29, 0.717) is 0 Å². The summed E-state index contributed by atoms with van der Waals surface area (Å²) < 4.78 is 2.17. The van der Waals surface area contributed by atoms with Crippen LogP contribution in [0.25, 0.3) is 0 Å². The van der Waals surface area contributed by atoms with E-state index in [2.05, 4.69) is 44.0 Å². The van der Waals surface area contributed by atoms with Crippen LogP contribution in [0.15, 0.2) is 56.3 Å². The summed E-state index contributed by atoms with van der Waals surface area (Å²) in [6.45, 7) is 0. The fourth-order valence-corrected chi connectivity index (χ4v) is 3.35. The second-order valence-electron chi connectivity index (χ2n) is 3.55. The Morgan fingerprint density at radius 1 is 1.00 bits per heavy atom. The van der Waals surface area contributed by atoms with Crippen LogP contribution >= 0.6 is 43.6 Å². The number of nitrogen functional groups attached to an aromatic ring is 1. The van der Waals surface area contributed by atoms with Crippen molar-refractivity contribution in [2.45, 2.75) is 10.6 Å². The first-order valence-electron chi connectivity index (χ1n) is 5.08. The first-order valence-corrected chi connectivity index (χ1v) is 7.65. The van der Waals surface area contributed by atoms with Gasteiger partial charge in [0.05, 0.1) is 0 Å². The first-order chi connectivity index (χ1) is 8.16. The lowest BCUT2D eigenvalue weighted by atomic mass is 10.2. The van der Waals surface area contributed by atoms with E-state index in [0.717, 1.165) is 25.9 Å². The van der Waals surface area contributed by atoms with Crippen molar-refractivity contribution < 1.29 is 0 Å². The van der Waals surface area contributed by atoms with Crippen molar-refractivity contribution in [1.82, 2.24) is 0 Å². The third-order valence-electron chi connectivity index (χ3n) is 2.35. The highest BCUT2D eigenvalue weighted by Gasteiger charge is 2.04. The lowest BCUT2D eigenvalue weighted by molar-refractivity contribution is 1.36. The minimum absolute atomic E-state index is 0.837. The SMILES string of the molecule is Nc1cccc(Br)c1CSc1ccc(Br)cc1. The summed E-state index contributed by atoms with van der Waals surface area (Å²) in [5.74, 6) is 0.870. The number of hydrogen-bond acceptors (Lipinski definition) is 2. The molecule has 0 saturated carbocycles. The molecular formula is C13H11Br2NS. The van der Waals surface area contributed by atoms with Crippen molar-refractivity contribution in [1.29, 1.82) is 0 Å². The Morgan fingerprint density at radius 3 is 2.35 bits per heavy atom. The maximum atomic E-state index is 5.96. The predicted molar refractivity (Wildman–Crippen MR) is 82.3 cm³/mol. The van der Waals surface area contributed by atoms with Gasteiger partial charge in [-0.1, -0.05) is 37.9 Å². The molecule has 0 spiro atoms. The van der Waals surface area contributed by atoms with Gasteiger partial charge in [-0.3, -0.25) is 0 Å². The van der Waals surface area contributed by atoms with Gasteiger partial charge >= 0.3 is 0 Å². The number of nitrogens with two attached hydrogens (primary N) is 1. The van der Waals surface area contributed by atoms with E-state index in [9.17, 15) is 0 Å². The monoisotopic (exact) mass is 371 g/mol. The average molecular weight is 373 g/mol. The molecule has 4 heteroatoms. The molecule has 2 aromatic rings. The van der Waals surface area contributed by atoms with Gasteiger partial charge in [-0.25, -0.2) is 0 Å². The van der Waals surface area contributed by atoms with Gasteiger partial charge < -0.3 is 5.73 Å². The first kappa shape index (κ1) is 13.0. The molecule has 0 bridgehead atoms. The van der Waals surface area contributed by atoms with Gasteiger partial charge in [-0.2, -0.15) is 0 Å². The topological polar surface area (TPSA) is 26.0 Å². The van der Waals surface area contributed by atoms with E-state index in [4.69, 9.17) is 5.73 Å². The lowest BCUT2D eigenvalue weighted by Crippen LogP contribution is -1.93. The minimum atomic E-state index is 0.837. The minimum Gasteiger partial charge on any atom is -0.398 e. The summed E-state index contributed by atoms with van der Waals surface area (Å²) in [6.07, 6.45) is 0. The number of benzene rings is 2. The molecule has 2 rings (SSSR count). The van der Waals surface area contributed by atoms with Crippen molar-refractivity contribution >= 4 is 49.3 Å². The molecule has 0 atom stereocenters. The molecule has 0 aliphatic heterocycles. The second kappa shape index (κ2) is 5.94. The fraction of sp³-hybridized carbons (Fsp3) is 0.0769. The molecule has 0 saturated heterocycles. The molecule has 0 aromatic heterocycles.